The fourth-order valence-electron chi connectivity index (χ4n) is 0.897. The van der Waals surface area contributed by atoms with Crippen LogP contribution in [0.15, 0.2) is 12.0 Å². The van der Waals surface area contributed by atoms with E-state index in [0.717, 1.165) is 0 Å². The normalized spacial score (nSPS) is 33.8. The third-order valence-corrected chi connectivity index (χ3v) is 1.79. The average molecular weight is 160 g/mol. The summed E-state index contributed by atoms with van der Waals surface area (Å²) in [6, 6.07) is 0. The van der Waals surface area contributed by atoms with E-state index in [9.17, 15) is 5.11 Å². The number of aliphatic hydroxyl groups excluding tert-OH is 3. The molecule has 0 bridgehead atoms. The largest absolute Gasteiger partial charge is 0.495 e. The fraction of sp³-hybridized carbons (Fsp3) is 0.667. The van der Waals surface area contributed by atoms with E-state index in [1.165, 1.54) is 22.9 Å². The Balaban J connectivity index is 2.83. The van der Waals surface area contributed by atoms with Crippen molar-refractivity contribution in [2.75, 3.05) is 14.1 Å². The molecule has 0 fully saturated rings. The predicted molar refractivity (Wildman–Crippen MR) is 38.3 cm³/mol. The first-order valence-corrected chi connectivity index (χ1v) is 3.25. The van der Waals surface area contributed by atoms with Gasteiger partial charge in [0.1, 0.15) is 6.23 Å². The molecule has 3 N–H and O–H groups in total. The van der Waals surface area contributed by atoms with Gasteiger partial charge in [0.2, 0.25) is 0 Å². The summed E-state index contributed by atoms with van der Waals surface area (Å²) in [7, 11) is 3.08. The smallest absolute Gasteiger partial charge is 0.190 e. The maximum Gasteiger partial charge on any atom is 0.190 e. The van der Waals surface area contributed by atoms with Gasteiger partial charge in [0.15, 0.2) is 12.2 Å². The minimum Gasteiger partial charge on any atom is -0.495 e. The van der Waals surface area contributed by atoms with Crippen LogP contribution in [0.3, 0.4) is 0 Å². The van der Waals surface area contributed by atoms with Crippen molar-refractivity contribution in [3.63, 3.8) is 0 Å². The number of hydrogen-bond donors (Lipinski definition) is 3. The molecule has 11 heavy (non-hydrogen) atoms. The monoisotopic (exact) mass is 160 g/mol. The van der Waals surface area contributed by atoms with Gasteiger partial charge in [0.05, 0.1) is 0 Å². The van der Waals surface area contributed by atoms with Gasteiger partial charge in [-0.25, -0.2) is 4.90 Å². The van der Waals surface area contributed by atoms with Crippen LogP contribution in [0.2, 0.25) is 0 Å². The molecule has 5 nitrogen and oxygen atoms in total. The van der Waals surface area contributed by atoms with Gasteiger partial charge < -0.3 is 20.2 Å². The zero-order chi connectivity index (χ0) is 8.59. The Morgan fingerprint density at radius 1 is 1.36 bits per heavy atom. The highest BCUT2D eigenvalue weighted by Gasteiger charge is 2.28. The van der Waals surface area contributed by atoms with E-state index in [4.69, 9.17) is 10.2 Å². The average Bonchev–Trinajstić information content (AvgIpc) is 1.97. The van der Waals surface area contributed by atoms with Gasteiger partial charge in [-0.3, -0.25) is 0 Å². The Kier molecular flexibility index (Phi) is 2.03. The van der Waals surface area contributed by atoms with Crippen molar-refractivity contribution in [2.45, 2.75) is 12.6 Å². The van der Waals surface area contributed by atoms with Crippen molar-refractivity contribution in [2.24, 2.45) is 0 Å². The van der Waals surface area contributed by atoms with Crippen LogP contribution in [0.1, 0.15) is 0 Å². The highest BCUT2D eigenvalue weighted by molar-refractivity contribution is 4.99. The van der Waals surface area contributed by atoms with Crippen molar-refractivity contribution in [3.8, 4) is 0 Å². The minimum absolute atomic E-state index is 0.122. The Morgan fingerprint density at radius 2 is 1.91 bits per heavy atom. The van der Waals surface area contributed by atoms with Crippen LogP contribution in [-0.4, -0.2) is 51.8 Å². The van der Waals surface area contributed by atoms with Gasteiger partial charge in [-0.15, -0.1) is 0 Å². The second kappa shape index (κ2) is 2.69. The van der Waals surface area contributed by atoms with E-state index in [0.29, 0.717) is 0 Å². The molecule has 0 saturated heterocycles. The van der Waals surface area contributed by atoms with Crippen LogP contribution in [0.5, 0.6) is 0 Å². The molecule has 1 heterocycles. The van der Waals surface area contributed by atoms with Crippen LogP contribution in [-0.2, 0) is 0 Å². The Bertz CT molecular complexity index is 183. The lowest BCUT2D eigenvalue weighted by molar-refractivity contribution is -0.154. The lowest BCUT2D eigenvalue weighted by Crippen LogP contribution is -2.52. The molecule has 0 amide bonds. The van der Waals surface area contributed by atoms with E-state index >= 15 is 0 Å². The number of aliphatic hydroxyl groups is 3. The van der Waals surface area contributed by atoms with Crippen molar-refractivity contribution < 1.29 is 15.3 Å². The van der Waals surface area contributed by atoms with Crippen molar-refractivity contribution >= 4 is 0 Å². The third-order valence-electron chi connectivity index (χ3n) is 1.79. The van der Waals surface area contributed by atoms with E-state index in [1.54, 1.807) is 7.05 Å². The van der Waals surface area contributed by atoms with Gasteiger partial charge in [-0.1, -0.05) is 0 Å². The maximum atomic E-state index is 9.28. The predicted octanol–water partition coefficient (Wildman–Crippen LogP) is -1.14. The molecule has 1 aliphatic rings. The van der Waals surface area contributed by atoms with Gasteiger partial charge in [-0.05, 0) is 7.05 Å². The lowest BCUT2D eigenvalue weighted by Gasteiger charge is -2.37. The molecule has 0 aromatic rings. The first-order chi connectivity index (χ1) is 5.04. The molecule has 0 aliphatic carbocycles. The van der Waals surface area contributed by atoms with Crippen LogP contribution < -0.4 is 0 Å². The second-order valence-corrected chi connectivity index (χ2v) is 2.56. The highest BCUT2D eigenvalue weighted by atomic mass is 16.4. The van der Waals surface area contributed by atoms with Gasteiger partial charge in [0, 0.05) is 13.1 Å². The summed E-state index contributed by atoms with van der Waals surface area (Å²) in [5.74, 6) is -0.122. The molecule has 2 unspecified atom stereocenters. The molecule has 0 radical (unpaired) electrons. The molecular weight excluding hydrogens is 148 g/mol. The van der Waals surface area contributed by atoms with Crippen LogP contribution >= 0.6 is 0 Å². The quantitative estimate of drug-likeness (QED) is 0.418. The lowest BCUT2D eigenvalue weighted by atomic mass is 10.4. The molecule has 1 aliphatic heterocycles. The van der Waals surface area contributed by atoms with Crippen molar-refractivity contribution in [1.29, 1.82) is 0 Å². The number of rotatable bonds is 0. The summed E-state index contributed by atoms with van der Waals surface area (Å²) >= 11 is 0. The fourth-order valence-corrected chi connectivity index (χ4v) is 0.897. The van der Waals surface area contributed by atoms with E-state index in [1.807, 2.05) is 0 Å². The summed E-state index contributed by atoms with van der Waals surface area (Å²) in [6.07, 6.45) is -0.664. The molecule has 2 atom stereocenters. The van der Waals surface area contributed by atoms with Gasteiger partial charge >= 0.3 is 0 Å². The number of nitrogens with zero attached hydrogens (tertiary/aromatic N) is 2. The molecule has 0 saturated carbocycles. The maximum absolute atomic E-state index is 9.28. The van der Waals surface area contributed by atoms with Crippen LogP contribution in [0.4, 0.5) is 0 Å². The summed E-state index contributed by atoms with van der Waals surface area (Å²) in [5.41, 5.74) is 0. The first-order valence-electron chi connectivity index (χ1n) is 3.25. The third kappa shape index (κ3) is 1.30. The Labute approximate surface area is 64.8 Å². The summed E-state index contributed by atoms with van der Waals surface area (Å²) in [5, 5.41) is 27.5. The summed E-state index contributed by atoms with van der Waals surface area (Å²) in [4.78, 5) is 2.55. The highest BCUT2D eigenvalue weighted by Crippen LogP contribution is 2.14. The molecule has 0 aromatic carbocycles. The Hall–Kier alpha value is -0.780. The Morgan fingerprint density at radius 3 is 2.45 bits per heavy atom. The zero-order valence-corrected chi connectivity index (χ0v) is 6.47. The van der Waals surface area contributed by atoms with Gasteiger partial charge in [0.25, 0.3) is 0 Å². The SMILES string of the molecule is CN1C(O)=CC(O)N(C)C1O. The molecule has 5 heteroatoms. The molecular formula is C6H12N2O3. The van der Waals surface area contributed by atoms with Crippen molar-refractivity contribution in [3.05, 3.63) is 12.0 Å². The van der Waals surface area contributed by atoms with Crippen molar-refractivity contribution in [1.82, 2.24) is 9.80 Å². The van der Waals surface area contributed by atoms with Crippen LogP contribution in [0, 0.1) is 0 Å². The van der Waals surface area contributed by atoms with Gasteiger partial charge in [-0.2, -0.15) is 0 Å². The minimum atomic E-state index is -0.977. The summed E-state index contributed by atoms with van der Waals surface area (Å²) in [6.45, 7) is 0. The first kappa shape index (κ1) is 8.32. The zero-order valence-electron chi connectivity index (χ0n) is 6.47. The summed E-state index contributed by atoms with van der Waals surface area (Å²) < 4.78 is 0. The van der Waals surface area contributed by atoms with E-state index < -0.39 is 12.6 Å². The van der Waals surface area contributed by atoms with Crippen LogP contribution in [0.25, 0.3) is 0 Å². The molecule has 64 valence electrons. The second-order valence-electron chi connectivity index (χ2n) is 2.56. The van der Waals surface area contributed by atoms with E-state index in [-0.39, 0.29) is 5.88 Å². The molecule has 1 rings (SSSR count). The van der Waals surface area contributed by atoms with E-state index in [2.05, 4.69) is 0 Å². The molecule has 0 spiro atoms. The molecule has 0 aromatic heterocycles. The topological polar surface area (TPSA) is 67.2 Å². The number of hydrogen-bond acceptors (Lipinski definition) is 5. The number of likely N-dealkylation sites (N-methyl/N-ethyl adjacent to an activating group) is 1. The standard InChI is InChI=1S/C6H12N2O3/c1-7-4(9)3-5(10)8(2)6(7)11/h3-4,6,9-11H,1-2H3.